The van der Waals surface area contributed by atoms with E-state index in [0.717, 1.165) is 16.8 Å². The number of carbonyl (C=O) groups is 1. The molecule has 0 aliphatic heterocycles. The van der Waals surface area contributed by atoms with Gasteiger partial charge in [-0.1, -0.05) is 17.7 Å². The van der Waals surface area contributed by atoms with Gasteiger partial charge in [-0.15, -0.1) is 0 Å². The third-order valence-electron chi connectivity index (χ3n) is 3.68. The number of rotatable bonds is 4. The third-order valence-corrected chi connectivity index (χ3v) is 6.24. The van der Waals surface area contributed by atoms with Crippen LogP contribution in [-0.4, -0.2) is 24.1 Å². The molecule has 0 saturated heterocycles. The fourth-order valence-electron chi connectivity index (χ4n) is 2.42. The summed E-state index contributed by atoms with van der Waals surface area (Å²) in [5.74, 6) is -2.83. The lowest BCUT2D eigenvalue weighted by Crippen LogP contribution is -2.31. The van der Waals surface area contributed by atoms with Gasteiger partial charge in [0.1, 0.15) is 10.6 Å². The minimum Gasteiger partial charge on any atom is -0.266 e. The summed E-state index contributed by atoms with van der Waals surface area (Å²) < 4.78 is 55.9. The molecule has 3 aromatic rings. The lowest BCUT2D eigenvalue weighted by Gasteiger charge is -2.08. The maximum Gasteiger partial charge on any atom is 0.285 e. The summed E-state index contributed by atoms with van der Waals surface area (Å²) in [7, 11) is -4.27. The fourth-order valence-corrected chi connectivity index (χ4v) is 4.60. The van der Waals surface area contributed by atoms with Crippen LogP contribution >= 0.6 is 27.5 Å². The van der Waals surface area contributed by atoms with E-state index in [1.165, 1.54) is 37.3 Å². The first kappa shape index (κ1) is 20.4. The zero-order chi connectivity index (χ0) is 20.6. The lowest BCUT2D eigenvalue weighted by atomic mass is 10.3. The average Bonchev–Trinajstić information content (AvgIpc) is 2.98. The van der Waals surface area contributed by atoms with Crippen molar-refractivity contribution in [1.29, 1.82) is 0 Å². The number of hydrogen-bond acceptors (Lipinski definition) is 4. The Morgan fingerprint density at radius 2 is 1.82 bits per heavy atom. The molecule has 0 fully saturated rings. The minimum absolute atomic E-state index is 0.158. The van der Waals surface area contributed by atoms with Gasteiger partial charge in [-0.3, -0.25) is 4.79 Å². The van der Waals surface area contributed by atoms with E-state index in [-0.39, 0.29) is 25.8 Å². The van der Waals surface area contributed by atoms with Crippen LogP contribution in [0.2, 0.25) is 5.02 Å². The van der Waals surface area contributed by atoms with Crippen LogP contribution in [0.3, 0.4) is 0 Å². The van der Waals surface area contributed by atoms with Crippen LogP contribution in [0, 0.1) is 18.6 Å². The van der Waals surface area contributed by atoms with Gasteiger partial charge in [-0.05, 0) is 59.3 Å². The maximum absolute atomic E-state index is 14.0. The number of sulfonamides is 1. The molecule has 0 aliphatic carbocycles. The molecule has 11 heteroatoms. The van der Waals surface area contributed by atoms with Gasteiger partial charge < -0.3 is 0 Å². The molecule has 1 aromatic heterocycles. The molecular formula is C17H11BrClF2N3O3S. The molecule has 3 rings (SSSR count). The predicted octanol–water partition coefficient (Wildman–Crippen LogP) is 3.99. The van der Waals surface area contributed by atoms with E-state index in [9.17, 15) is 22.0 Å². The first-order valence-electron chi connectivity index (χ1n) is 7.63. The molecule has 6 nitrogen and oxygen atoms in total. The number of hydrogen-bond donors (Lipinski definition) is 1. The molecule has 0 radical (unpaired) electrons. The first-order chi connectivity index (χ1) is 13.1. The van der Waals surface area contributed by atoms with E-state index in [2.05, 4.69) is 21.0 Å². The molecule has 0 aliphatic rings. The van der Waals surface area contributed by atoms with Gasteiger partial charge in [0.2, 0.25) is 0 Å². The number of aromatic nitrogens is 2. The Morgan fingerprint density at radius 3 is 2.46 bits per heavy atom. The summed E-state index contributed by atoms with van der Waals surface area (Å²) in [6, 6.07) is 8.54. The first-order valence-corrected chi connectivity index (χ1v) is 10.3. The minimum atomic E-state index is -4.27. The summed E-state index contributed by atoms with van der Waals surface area (Å²) in [5.41, 5.74) is -0.572. The topological polar surface area (TPSA) is 81.1 Å². The standard InChI is InChI=1S/C17H11BrClF2N3O3S/c1-9-7-14(22-24(9)16-12(20)3-2-4-13(16)21)17(25)23-28(26,27)15-8-10(19)5-6-11(15)18/h2-8H,1H3,(H,23,25). The zero-order valence-electron chi connectivity index (χ0n) is 14.1. The van der Waals surface area contributed by atoms with Crippen LogP contribution < -0.4 is 4.72 Å². The Morgan fingerprint density at radius 1 is 1.18 bits per heavy atom. The number of carbonyl (C=O) groups excluding carboxylic acids is 1. The second-order valence-corrected chi connectivity index (χ2v) is 8.60. The summed E-state index contributed by atoms with van der Waals surface area (Å²) in [6.07, 6.45) is 0. The van der Waals surface area contributed by atoms with Crippen molar-refractivity contribution in [2.45, 2.75) is 11.8 Å². The summed E-state index contributed by atoms with van der Waals surface area (Å²) in [6.45, 7) is 1.47. The Hall–Kier alpha value is -2.30. The highest BCUT2D eigenvalue weighted by atomic mass is 79.9. The number of amides is 1. The molecule has 0 atom stereocenters. The van der Waals surface area contributed by atoms with Crippen LogP contribution in [0.15, 0.2) is 51.8 Å². The highest BCUT2D eigenvalue weighted by Crippen LogP contribution is 2.25. The molecule has 1 N–H and O–H groups in total. The van der Waals surface area contributed by atoms with E-state index in [1.807, 2.05) is 4.72 Å². The largest absolute Gasteiger partial charge is 0.285 e. The predicted molar refractivity (Wildman–Crippen MR) is 102 cm³/mol. The van der Waals surface area contributed by atoms with Crippen molar-refractivity contribution in [2.75, 3.05) is 0 Å². The van der Waals surface area contributed by atoms with Gasteiger partial charge in [-0.25, -0.2) is 26.6 Å². The third kappa shape index (κ3) is 3.94. The number of benzene rings is 2. The van der Waals surface area contributed by atoms with Crippen molar-refractivity contribution < 1.29 is 22.0 Å². The van der Waals surface area contributed by atoms with Crippen molar-refractivity contribution in [3.63, 3.8) is 0 Å². The van der Waals surface area contributed by atoms with E-state index in [0.29, 0.717) is 0 Å². The van der Waals surface area contributed by atoms with Gasteiger partial charge in [0, 0.05) is 15.2 Å². The van der Waals surface area contributed by atoms with Gasteiger partial charge >= 0.3 is 0 Å². The second-order valence-electron chi connectivity index (χ2n) is 5.66. The monoisotopic (exact) mass is 489 g/mol. The molecule has 146 valence electrons. The van der Waals surface area contributed by atoms with E-state index < -0.39 is 33.3 Å². The fraction of sp³-hybridized carbons (Fsp3) is 0.0588. The van der Waals surface area contributed by atoms with E-state index >= 15 is 0 Å². The van der Waals surface area contributed by atoms with Crippen molar-refractivity contribution >= 4 is 43.5 Å². The number of aryl methyl sites for hydroxylation is 1. The van der Waals surface area contributed by atoms with Crippen LogP contribution in [-0.2, 0) is 10.0 Å². The van der Waals surface area contributed by atoms with Gasteiger partial charge in [-0.2, -0.15) is 5.10 Å². The van der Waals surface area contributed by atoms with Gasteiger partial charge in [0.15, 0.2) is 17.3 Å². The highest BCUT2D eigenvalue weighted by Gasteiger charge is 2.24. The Bertz CT molecular complexity index is 1180. The SMILES string of the molecule is Cc1cc(C(=O)NS(=O)(=O)c2cc(Cl)ccc2Br)nn1-c1c(F)cccc1F. The summed E-state index contributed by atoms with van der Waals surface area (Å²) in [5, 5.41) is 4.00. The molecule has 28 heavy (non-hydrogen) atoms. The van der Waals surface area contributed by atoms with Crippen LogP contribution in [0.5, 0.6) is 0 Å². The van der Waals surface area contributed by atoms with Gasteiger partial charge in [0.25, 0.3) is 15.9 Å². The lowest BCUT2D eigenvalue weighted by molar-refractivity contribution is 0.0976. The van der Waals surface area contributed by atoms with Crippen molar-refractivity contribution in [3.05, 3.63) is 75.0 Å². The van der Waals surface area contributed by atoms with Crippen molar-refractivity contribution in [2.24, 2.45) is 0 Å². The Balaban J connectivity index is 1.95. The van der Waals surface area contributed by atoms with Crippen molar-refractivity contribution in [3.8, 4) is 5.69 Å². The summed E-state index contributed by atoms with van der Waals surface area (Å²) in [4.78, 5) is 12.1. The van der Waals surface area contributed by atoms with E-state index in [4.69, 9.17) is 11.6 Å². The molecule has 0 unspecified atom stereocenters. The number of para-hydroxylation sites is 1. The smallest absolute Gasteiger partial charge is 0.266 e. The summed E-state index contributed by atoms with van der Waals surface area (Å²) >= 11 is 8.90. The highest BCUT2D eigenvalue weighted by molar-refractivity contribution is 9.10. The van der Waals surface area contributed by atoms with E-state index in [1.54, 1.807) is 0 Å². The molecular weight excluding hydrogens is 480 g/mol. The number of nitrogens with one attached hydrogen (secondary N) is 1. The molecule has 1 amide bonds. The quantitative estimate of drug-likeness (QED) is 0.600. The molecule has 0 spiro atoms. The molecule has 2 aromatic carbocycles. The van der Waals surface area contributed by atoms with Crippen LogP contribution in [0.25, 0.3) is 5.69 Å². The molecule has 1 heterocycles. The molecule has 0 bridgehead atoms. The normalized spacial score (nSPS) is 11.5. The Kier molecular flexibility index (Phi) is 5.55. The zero-order valence-corrected chi connectivity index (χ0v) is 17.2. The number of halogens is 4. The van der Waals surface area contributed by atoms with Crippen LogP contribution in [0.1, 0.15) is 16.2 Å². The average molecular weight is 491 g/mol. The maximum atomic E-state index is 14.0. The molecule has 0 saturated carbocycles. The van der Waals surface area contributed by atoms with Crippen LogP contribution in [0.4, 0.5) is 8.78 Å². The number of nitrogens with zero attached hydrogens (tertiary/aromatic N) is 2. The van der Waals surface area contributed by atoms with Crippen molar-refractivity contribution in [1.82, 2.24) is 14.5 Å². The Labute approximate surface area is 172 Å². The second kappa shape index (κ2) is 7.61. The van der Waals surface area contributed by atoms with Gasteiger partial charge in [0.05, 0.1) is 0 Å².